The van der Waals surface area contributed by atoms with Gasteiger partial charge in [0.25, 0.3) is 5.69 Å². The first kappa shape index (κ1) is 28.7. The summed E-state index contributed by atoms with van der Waals surface area (Å²) in [6, 6.07) is 12.0. The van der Waals surface area contributed by atoms with E-state index >= 15 is 0 Å². The molecule has 2 atom stereocenters. The van der Waals surface area contributed by atoms with Gasteiger partial charge in [0, 0.05) is 37.3 Å². The fourth-order valence-electron chi connectivity index (χ4n) is 3.55. The molecule has 2 aromatic carbocycles. The van der Waals surface area contributed by atoms with Gasteiger partial charge in [-0.3, -0.25) is 29.5 Å². The number of aliphatic carboxylic acids is 1. The largest absolute Gasteiger partial charge is 0.481 e. The van der Waals surface area contributed by atoms with Crippen molar-refractivity contribution in [3.05, 3.63) is 70.3 Å². The van der Waals surface area contributed by atoms with E-state index in [0.717, 1.165) is 5.56 Å². The molecule has 0 radical (unpaired) electrons. The Hall–Kier alpha value is -4.52. The number of guanidine groups is 1. The Morgan fingerprint density at radius 1 is 1.05 bits per heavy atom. The third-order valence-electron chi connectivity index (χ3n) is 5.42. The van der Waals surface area contributed by atoms with Gasteiger partial charge in [-0.25, -0.2) is 0 Å². The maximum absolute atomic E-state index is 13.4. The third kappa shape index (κ3) is 9.57. The molecule has 37 heavy (non-hydrogen) atoms. The molecule has 0 aliphatic carbocycles. The molecule has 13 nitrogen and oxygen atoms in total. The molecule has 2 amide bonds. The first-order valence-corrected chi connectivity index (χ1v) is 11.5. The molecule has 8 N–H and O–H groups in total. The number of carboxylic acid groups (broad SMARTS) is 1. The summed E-state index contributed by atoms with van der Waals surface area (Å²) in [5.74, 6) is -2.34. The number of carbonyl (C=O) groups is 3. The van der Waals surface area contributed by atoms with Gasteiger partial charge in [-0.05, 0) is 37.0 Å². The summed E-state index contributed by atoms with van der Waals surface area (Å²) in [5, 5.41) is 22.6. The van der Waals surface area contributed by atoms with Crippen LogP contribution in [0.3, 0.4) is 0 Å². The molecule has 198 valence electrons. The Labute approximate surface area is 213 Å². The second-order valence-electron chi connectivity index (χ2n) is 8.25. The zero-order chi connectivity index (χ0) is 27.4. The predicted octanol–water partition coefficient (Wildman–Crippen LogP) is 1.18. The Bertz CT molecular complexity index is 1100. The van der Waals surface area contributed by atoms with E-state index in [1.165, 1.54) is 29.2 Å². The highest BCUT2D eigenvalue weighted by atomic mass is 16.6. The van der Waals surface area contributed by atoms with Crippen molar-refractivity contribution in [3.8, 4) is 0 Å². The second-order valence-corrected chi connectivity index (χ2v) is 8.25. The topological polar surface area (TPSA) is 220 Å². The number of hydrogen-bond donors (Lipinski definition) is 5. The Balaban J connectivity index is 2.36. The molecule has 0 heterocycles. The normalized spacial score (nSPS) is 12.1. The monoisotopic (exact) mass is 513 g/mol. The summed E-state index contributed by atoms with van der Waals surface area (Å²) in [7, 11) is 0. The Morgan fingerprint density at radius 3 is 2.27 bits per heavy atom. The molecule has 0 fully saturated rings. The molecule has 0 aliphatic heterocycles. The van der Waals surface area contributed by atoms with Gasteiger partial charge >= 0.3 is 5.97 Å². The van der Waals surface area contributed by atoms with Crippen LogP contribution in [-0.4, -0.2) is 57.3 Å². The number of carbonyl (C=O) groups excluding carboxylic acids is 2. The van der Waals surface area contributed by atoms with E-state index in [0.29, 0.717) is 12.1 Å². The average Bonchev–Trinajstić information content (AvgIpc) is 2.86. The number of nitrogens with one attached hydrogen (secondary N) is 1. The lowest BCUT2D eigenvalue weighted by molar-refractivity contribution is -0.384. The molecule has 0 spiro atoms. The lowest BCUT2D eigenvalue weighted by Crippen LogP contribution is -2.52. The number of hydrogen-bond acceptors (Lipinski definition) is 7. The minimum absolute atomic E-state index is 0.0427. The van der Waals surface area contributed by atoms with Gasteiger partial charge in [-0.2, -0.15) is 0 Å². The molecular weight excluding hydrogens is 482 g/mol. The van der Waals surface area contributed by atoms with Crippen molar-refractivity contribution in [2.45, 2.75) is 44.3 Å². The highest BCUT2D eigenvalue weighted by Gasteiger charge is 2.32. The second kappa shape index (κ2) is 14.1. The van der Waals surface area contributed by atoms with Crippen LogP contribution in [0, 0.1) is 10.1 Å². The van der Waals surface area contributed by atoms with Crippen LogP contribution >= 0.6 is 0 Å². The maximum Gasteiger partial charge on any atom is 0.303 e. The number of amides is 2. The number of rotatable bonds is 14. The summed E-state index contributed by atoms with van der Waals surface area (Å²) in [4.78, 5) is 53.4. The number of nitro benzene ring substituents is 1. The molecule has 2 aromatic rings. The number of nitrogens with zero attached hydrogens (tertiary/aromatic N) is 3. The Kier molecular flexibility index (Phi) is 11.0. The molecule has 0 saturated heterocycles. The number of anilines is 1. The molecule has 13 heteroatoms. The van der Waals surface area contributed by atoms with E-state index in [1.807, 2.05) is 6.07 Å². The molecule has 0 aliphatic rings. The maximum atomic E-state index is 13.4. The van der Waals surface area contributed by atoms with Crippen molar-refractivity contribution in [1.29, 1.82) is 0 Å². The number of nitrogens with two attached hydrogens (primary N) is 3. The standard InChI is InChI=1S/C24H31N7O6/c25-19(12-13-21(32)33)23(35)30(15-16-5-2-1-3-6-16)20(7-4-14-28-24(26)27)22(34)29-17-8-10-18(11-9-17)31(36)37/h1-3,5-6,8-11,19-20H,4,7,12-15,25H2,(H,29,34)(H,32,33)(H4,26,27,28)/t19-,20-/m0/s1. The molecule has 0 saturated carbocycles. The molecule has 0 bridgehead atoms. The number of aliphatic imine (C=N–C) groups is 1. The van der Waals surface area contributed by atoms with E-state index in [1.54, 1.807) is 24.3 Å². The minimum atomic E-state index is -1.15. The van der Waals surface area contributed by atoms with E-state index in [-0.39, 0.29) is 44.0 Å². The summed E-state index contributed by atoms with van der Waals surface area (Å²) < 4.78 is 0. The zero-order valence-corrected chi connectivity index (χ0v) is 20.2. The molecule has 2 rings (SSSR count). The van der Waals surface area contributed by atoms with Gasteiger partial charge in [-0.15, -0.1) is 0 Å². The van der Waals surface area contributed by atoms with Crippen molar-refractivity contribution in [2.24, 2.45) is 22.2 Å². The fourth-order valence-corrected chi connectivity index (χ4v) is 3.55. The van der Waals surface area contributed by atoms with Crippen molar-refractivity contribution in [2.75, 3.05) is 11.9 Å². The number of benzene rings is 2. The lowest BCUT2D eigenvalue weighted by atomic mass is 10.0. The van der Waals surface area contributed by atoms with E-state index in [9.17, 15) is 24.5 Å². The van der Waals surface area contributed by atoms with Gasteiger partial charge in [-0.1, -0.05) is 30.3 Å². The number of nitro groups is 1. The van der Waals surface area contributed by atoms with Gasteiger partial charge in [0.05, 0.1) is 11.0 Å². The highest BCUT2D eigenvalue weighted by molar-refractivity contribution is 5.98. The van der Waals surface area contributed by atoms with Crippen LogP contribution in [0.1, 0.15) is 31.2 Å². The van der Waals surface area contributed by atoms with Crippen LogP contribution in [0.2, 0.25) is 0 Å². The quantitative estimate of drug-likeness (QED) is 0.0803. The average molecular weight is 514 g/mol. The first-order valence-electron chi connectivity index (χ1n) is 11.5. The van der Waals surface area contributed by atoms with Crippen molar-refractivity contribution in [1.82, 2.24) is 4.90 Å². The molecule has 0 unspecified atom stereocenters. The summed E-state index contributed by atoms with van der Waals surface area (Å²) in [5.41, 5.74) is 17.7. The van der Waals surface area contributed by atoms with Crippen LogP contribution in [0.15, 0.2) is 59.6 Å². The predicted molar refractivity (Wildman–Crippen MR) is 137 cm³/mol. The van der Waals surface area contributed by atoms with Crippen molar-refractivity contribution in [3.63, 3.8) is 0 Å². The minimum Gasteiger partial charge on any atom is -0.481 e. The first-order chi connectivity index (χ1) is 17.6. The Morgan fingerprint density at radius 2 is 1.70 bits per heavy atom. The van der Waals surface area contributed by atoms with Crippen LogP contribution in [0.5, 0.6) is 0 Å². The van der Waals surface area contributed by atoms with Crippen LogP contribution in [-0.2, 0) is 20.9 Å². The van der Waals surface area contributed by atoms with Crippen molar-refractivity contribution < 1.29 is 24.4 Å². The van der Waals surface area contributed by atoms with Gasteiger partial charge in [0.1, 0.15) is 6.04 Å². The molecule has 0 aromatic heterocycles. The van der Waals surface area contributed by atoms with Crippen LogP contribution in [0.25, 0.3) is 0 Å². The summed E-state index contributed by atoms with van der Waals surface area (Å²) in [6.45, 7) is 0.253. The fraction of sp³-hybridized carbons (Fsp3) is 0.333. The molecular formula is C24H31N7O6. The third-order valence-corrected chi connectivity index (χ3v) is 5.42. The summed E-state index contributed by atoms with van der Waals surface area (Å²) >= 11 is 0. The van der Waals surface area contributed by atoms with Gasteiger partial charge in [0.2, 0.25) is 11.8 Å². The van der Waals surface area contributed by atoms with E-state index in [4.69, 9.17) is 22.3 Å². The smallest absolute Gasteiger partial charge is 0.303 e. The van der Waals surface area contributed by atoms with Crippen molar-refractivity contribution >= 4 is 35.1 Å². The van der Waals surface area contributed by atoms with E-state index < -0.39 is 34.8 Å². The van der Waals surface area contributed by atoms with Crippen LogP contribution in [0.4, 0.5) is 11.4 Å². The van der Waals surface area contributed by atoms with Gasteiger partial charge in [0.15, 0.2) is 5.96 Å². The number of non-ortho nitro benzene ring substituents is 1. The van der Waals surface area contributed by atoms with Crippen LogP contribution < -0.4 is 22.5 Å². The summed E-state index contributed by atoms with van der Waals surface area (Å²) in [6.07, 6.45) is 0.0966. The van der Waals surface area contributed by atoms with E-state index in [2.05, 4.69) is 10.3 Å². The number of carboxylic acids is 1. The SMILES string of the molecule is NC(N)=NCCC[C@@H](C(=O)Nc1ccc([N+](=O)[O-])cc1)N(Cc1ccccc1)C(=O)[C@@H](N)CCC(=O)O. The highest BCUT2D eigenvalue weighted by Crippen LogP contribution is 2.20. The zero-order valence-electron chi connectivity index (χ0n) is 20.2. The lowest BCUT2D eigenvalue weighted by Gasteiger charge is -2.33. The van der Waals surface area contributed by atoms with Gasteiger partial charge < -0.3 is 32.5 Å².